The Morgan fingerprint density at radius 2 is 2.00 bits per heavy atom. The van der Waals surface area contributed by atoms with Crippen molar-refractivity contribution >= 4 is 0 Å². The van der Waals surface area contributed by atoms with Gasteiger partial charge in [-0.3, -0.25) is 0 Å². The molecule has 17 heavy (non-hydrogen) atoms. The van der Waals surface area contributed by atoms with Crippen LogP contribution in [0, 0.1) is 5.92 Å². The topological polar surface area (TPSA) is 44.5 Å². The largest absolute Gasteiger partial charge is 0.468 e. The number of hydrogen-bond donors (Lipinski definition) is 1. The molecule has 0 amide bonds. The third-order valence-electron chi connectivity index (χ3n) is 3.11. The van der Waals surface area contributed by atoms with Gasteiger partial charge in [-0.05, 0) is 42.9 Å². The standard InChI is InChI=1S/C14H21NO2/c1-2-14(15)12-5-7-13(8-6-12)17-10-16-9-11-3-4-11/h5-8,11,14H,2-4,9-10,15H2,1H3/t14-/m1/s1. The van der Waals surface area contributed by atoms with Gasteiger partial charge in [0.25, 0.3) is 0 Å². The van der Waals surface area contributed by atoms with Crippen LogP contribution in [0.3, 0.4) is 0 Å². The van der Waals surface area contributed by atoms with Crippen LogP contribution in [0.1, 0.15) is 37.8 Å². The Bertz CT molecular complexity index is 333. The summed E-state index contributed by atoms with van der Waals surface area (Å²) in [6, 6.07) is 8.06. The van der Waals surface area contributed by atoms with Crippen LogP contribution >= 0.6 is 0 Å². The quantitative estimate of drug-likeness (QED) is 0.584. The molecule has 1 aliphatic carbocycles. The minimum absolute atomic E-state index is 0.121. The second-order valence-electron chi connectivity index (χ2n) is 4.66. The summed E-state index contributed by atoms with van der Waals surface area (Å²) < 4.78 is 10.9. The average Bonchev–Trinajstić information content (AvgIpc) is 3.18. The van der Waals surface area contributed by atoms with E-state index in [1.54, 1.807) is 0 Å². The molecule has 0 aromatic heterocycles. The minimum atomic E-state index is 0.121. The average molecular weight is 235 g/mol. The zero-order valence-corrected chi connectivity index (χ0v) is 10.4. The van der Waals surface area contributed by atoms with E-state index in [0.717, 1.165) is 30.3 Å². The summed E-state index contributed by atoms with van der Waals surface area (Å²) in [7, 11) is 0. The third-order valence-corrected chi connectivity index (χ3v) is 3.11. The van der Waals surface area contributed by atoms with Crippen LogP contribution in [0.25, 0.3) is 0 Å². The van der Waals surface area contributed by atoms with E-state index in [4.69, 9.17) is 15.2 Å². The molecule has 3 nitrogen and oxygen atoms in total. The molecule has 0 bridgehead atoms. The predicted molar refractivity (Wildman–Crippen MR) is 67.8 cm³/mol. The van der Waals surface area contributed by atoms with E-state index in [1.165, 1.54) is 12.8 Å². The van der Waals surface area contributed by atoms with E-state index < -0.39 is 0 Å². The molecule has 0 saturated heterocycles. The molecule has 2 rings (SSSR count). The van der Waals surface area contributed by atoms with Gasteiger partial charge in [-0.15, -0.1) is 0 Å². The van der Waals surface area contributed by atoms with Crippen LogP contribution in [0.2, 0.25) is 0 Å². The van der Waals surface area contributed by atoms with Crippen molar-refractivity contribution in [3.63, 3.8) is 0 Å². The van der Waals surface area contributed by atoms with E-state index in [0.29, 0.717) is 6.79 Å². The van der Waals surface area contributed by atoms with Crippen LogP contribution in [0.5, 0.6) is 5.75 Å². The molecule has 3 heteroatoms. The first-order valence-electron chi connectivity index (χ1n) is 6.35. The van der Waals surface area contributed by atoms with E-state index >= 15 is 0 Å². The Hall–Kier alpha value is -1.06. The lowest BCUT2D eigenvalue weighted by molar-refractivity contribution is 0.00997. The van der Waals surface area contributed by atoms with Gasteiger partial charge in [-0.1, -0.05) is 19.1 Å². The number of rotatable bonds is 7. The van der Waals surface area contributed by atoms with Gasteiger partial charge >= 0.3 is 0 Å². The van der Waals surface area contributed by atoms with Gasteiger partial charge in [-0.2, -0.15) is 0 Å². The maximum absolute atomic E-state index is 5.94. The van der Waals surface area contributed by atoms with Crippen LogP contribution < -0.4 is 10.5 Å². The maximum Gasteiger partial charge on any atom is 0.189 e. The summed E-state index contributed by atoms with van der Waals surface area (Å²) >= 11 is 0. The second-order valence-corrected chi connectivity index (χ2v) is 4.66. The molecular weight excluding hydrogens is 214 g/mol. The molecule has 2 N–H and O–H groups in total. The van der Waals surface area contributed by atoms with Crippen molar-refractivity contribution < 1.29 is 9.47 Å². The second kappa shape index (κ2) is 6.03. The molecule has 1 atom stereocenters. The van der Waals surface area contributed by atoms with Crippen molar-refractivity contribution in [3.05, 3.63) is 29.8 Å². The zero-order valence-electron chi connectivity index (χ0n) is 10.4. The zero-order chi connectivity index (χ0) is 12.1. The number of nitrogens with two attached hydrogens (primary N) is 1. The molecule has 1 saturated carbocycles. The van der Waals surface area contributed by atoms with Gasteiger partial charge in [0.2, 0.25) is 0 Å². The lowest BCUT2D eigenvalue weighted by Crippen LogP contribution is -2.08. The molecule has 0 radical (unpaired) electrons. The van der Waals surface area contributed by atoms with Gasteiger partial charge in [0.15, 0.2) is 6.79 Å². The number of ether oxygens (including phenoxy) is 2. The predicted octanol–water partition coefficient (Wildman–Crippen LogP) is 2.86. The SMILES string of the molecule is CC[C@@H](N)c1ccc(OCOCC2CC2)cc1. The fourth-order valence-electron chi connectivity index (χ4n) is 1.66. The first-order valence-corrected chi connectivity index (χ1v) is 6.35. The Morgan fingerprint density at radius 1 is 1.29 bits per heavy atom. The Morgan fingerprint density at radius 3 is 2.59 bits per heavy atom. The fourth-order valence-corrected chi connectivity index (χ4v) is 1.66. The van der Waals surface area contributed by atoms with Crippen molar-refractivity contribution in [2.45, 2.75) is 32.2 Å². The van der Waals surface area contributed by atoms with Crippen LogP contribution in [0.4, 0.5) is 0 Å². The summed E-state index contributed by atoms with van der Waals surface area (Å²) in [6.45, 7) is 3.26. The number of benzene rings is 1. The molecule has 0 unspecified atom stereocenters. The maximum atomic E-state index is 5.94. The van der Waals surface area contributed by atoms with Gasteiger partial charge in [0.05, 0.1) is 6.61 Å². The van der Waals surface area contributed by atoms with Crippen molar-refractivity contribution in [2.24, 2.45) is 11.7 Å². The highest BCUT2D eigenvalue weighted by Crippen LogP contribution is 2.28. The highest BCUT2D eigenvalue weighted by molar-refractivity contribution is 5.28. The minimum Gasteiger partial charge on any atom is -0.468 e. The highest BCUT2D eigenvalue weighted by atomic mass is 16.7. The number of hydrogen-bond acceptors (Lipinski definition) is 3. The molecule has 1 fully saturated rings. The fraction of sp³-hybridized carbons (Fsp3) is 0.571. The summed E-state index contributed by atoms with van der Waals surface area (Å²) in [5, 5.41) is 0. The Labute approximate surface area is 103 Å². The lowest BCUT2D eigenvalue weighted by Gasteiger charge is -2.11. The van der Waals surface area contributed by atoms with Gasteiger partial charge in [0, 0.05) is 6.04 Å². The highest BCUT2D eigenvalue weighted by Gasteiger charge is 2.21. The smallest absolute Gasteiger partial charge is 0.189 e. The molecule has 0 aliphatic heterocycles. The summed E-state index contributed by atoms with van der Waals surface area (Å²) in [6.07, 6.45) is 3.57. The van der Waals surface area contributed by atoms with Gasteiger partial charge in [-0.25, -0.2) is 0 Å². The van der Waals surface area contributed by atoms with Crippen LogP contribution in [-0.2, 0) is 4.74 Å². The Kier molecular flexibility index (Phi) is 4.40. The monoisotopic (exact) mass is 235 g/mol. The molecule has 94 valence electrons. The first kappa shape index (κ1) is 12.4. The molecule has 1 aliphatic rings. The van der Waals surface area contributed by atoms with Crippen LogP contribution in [0.15, 0.2) is 24.3 Å². The summed E-state index contributed by atoms with van der Waals surface area (Å²) in [5.41, 5.74) is 7.09. The summed E-state index contributed by atoms with van der Waals surface area (Å²) in [4.78, 5) is 0. The van der Waals surface area contributed by atoms with Gasteiger partial charge < -0.3 is 15.2 Å². The lowest BCUT2D eigenvalue weighted by atomic mass is 10.1. The first-order chi connectivity index (χ1) is 8.29. The molecule has 1 aromatic carbocycles. The van der Waals surface area contributed by atoms with Crippen LogP contribution in [-0.4, -0.2) is 13.4 Å². The van der Waals surface area contributed by atoms with Crippen molar-refractivity contribution in [3.8, 4) is 5.75 Å². The molecule has 1 aromatic rings. The summed E-state index contributed by atoms with van der Waals surface area (Å²) in [5.74, 6) is 1.62. The van der Waals surface area contributed by atoms with E-state index in [2.05, 4.69) is 6.92 Å². The van der Waals surface area contributed by atoms with E-state index in [9.17, 15) is 0 Å². The molecule has 0 heterocycles. The third kappa shape index (κ3) is 4.02. The van der Waals surface area contributed by atoms with E-state index in [-0.39, 0.29) is 6.04 Å². The van der Waals surface area contributed by atoms with Crippen molar-refractivity contribution in [1.29, 1.82) is 0 Å². The Balaban J connectivity index is 1.72. The van der Waals surface area contributed by atoms with Crippen molar-refractivity contribution in [2.75, 3.05) is 13.4 Å². The van der Waals surface area contributed by atoms with Crippen molar-refractivity contribution in [1.82, 2.24) is 0 Å². The van der Waals surface area contributed by atoms with E-state index in [1.807, 2.05) is 24.3 Å². The molecular formula is C14H21NO2. The molecule has 0 spiro atoms. The normalized spacial score (nSPS) is 16.8. The van der Waals surface area contributed by atoms with Gasteiger partial charge in [0.1, 0.15) is 5.75 Å².